The number of piperidine rings is 1. The molecular formula is C10H18N2. The number of hydrogen-bond donors (Lipinski definition) is 1. The molecule has 0 aromatic carbocycles. The lowest BCUT2D eigenvalue weighted by Gasteiger charge is -2.29. The van der Waals surface area contributed by atoms with Crippen LogP contribution in [0.15, 0.2) is 11.6 Å². The van der Waals surface area contributed by atoms with E-state index in [9.17, 15) is 0 Å². The number of nitrogens with zero attached hydrogens (tertiary/aromatic N) is 1. The number of hydrogen-bond acceptors (Lipinski definition) is 2. The molecule has 2 heteroatoms. The standard InChI is InChI=1S/C10H18N2/c1-9(3-6-11)10-4-7-12(2)8-5-10/h3,6,10-11H,4-5,7-8H2,1-2H3/b9-3+,11-6?. The van der Waals surface area contributed by atoms with E-state index in [1.807, 2.05) is 6.08 Å². The predicted molar refractivity (Wildman–Crippen MR) is 52.8 cm³/mol. The van der Waals surface area contributed by atoms with E-state index in [2.05, 4.69) is 18.9 Å². The first-order valence-electron chi connectivity index (χ1n) is 4.60. The normalized spacial score (nSPS) is 22.7. The summed E-state index contributed by atoms with van der Waals surface area (Å²) in [4.78, 5) is 2.37. The van der Waals surface area contributed by atoms with Gasteiger partial charge in [-0.1, -0.05) is 5.57 Å². The Hall–Kier alpha value is -0.630. The van der Waals surface area contributed by atoms with Gasteiger partial charge in [-0.15, -0.1) is 0 Å². The highest BCUT2D eigenvalue weighted by Crippen LogP contribution is 2.22. The minimum Gasteiger partial charge on any atom is -0.309 e. The van der Waals surface area contributed by atoms with Crippen molar-refractivity contribution in [1.82, 2.24) is 4.90 Å². The van der Waals surface area contributed by atoms with Crippen molar-refractivity contribution in [2.75, 3.05) is 20.1 Å². The van der Waals surface area contributed by atoms with Crippen molar-refractivity contribution in [3.05, 3.63) is 11.6 Å². The molecule has 1 saturated heterocycles. The number of rotatable bonds is 2. The van der Waals surface area contributed by atoms with Gasteiger partial charge in [-0.3, -0.25) is 0 Å². The third-order valence-electron chi connectivity index (χ3n) is 2.71. The summed E-state index contributed by atoms with van der Waals surface area (Å²) >= 11 is 0. The molecule has 0 atom stereocenters. The summed E-state index contributed by atoms with van der Waals surface area (Å²) in [7, 11) is 2.17. The Morgan fingerprint density at radius 1 is 1.42 bits per heavy atom. The fourth-order valence-corrected chi connectivity index (χ4v) is 1.73. The second-order valence-electron chi connectivity index (χ2n) is 3.65. The van der Waals surface area contributed by atoms with Gasteiger partial charge in [-0.25, -0.2) is 0 Å². The molecule has 0 aromatic rings. The second-order valence-corrected chi connectivity index (χ2v) is 3.65. The van der Waals surface area contributed by atoms with E-state index in [1.165, 1.54) is 37.7 Å². The first-order valence-corrected chi connectivity index (χ1v) is 4.60. The smallest absolute Gasteiger partial charge is 0.0177 e. The van der Waals surface area contributed by atoms with Crippen molar-refractivity contribution >= 4 is 6.21 Å². The van der Waals surface area contributed by atoms with Crippen LogP contribution in [0.25, 0.3) is 0 Å². The van der Waals surface area contributed by atoms with Gasteiger partial charge < -0.3 is 10.3 Å². The van der Waals surface area contributed by atoms with Crippen molar-refractivity contribution in [3.8, 4) is 0 Å². The predicted octanol–water partition coefficient (Wildman–Crippen LogP) is 1.92. The first kappa shape index (κ1) is 9.46. The summed E-state index contributed by atoms with van der Waals surface area (Å²) in [6.07, 6.45) is 5.84. The van der Waals surface area contributed by atoms with Crippen molar-refractivity contribution in [3.63, 3.8) is 0 Å². The SMILES string of the molecule is C/C(=C\C=N)C1CCN(C)CC1. The van der Waals surface area contributed by atoms with Crippen LogP contribution in [-0.4, -0.2) is 31.3 Å². The van der Waals surface area contributed by atoms with Gasteiger partial charge in [0.1, 0.15) is 0 Å². The van der Waals surface area contributed by atoms with Crippen LogP contribution in [-0.2, 0) is 0 Å². The van der Waals surface area contributed by atoms with Crippen LogP contribution in [0.3, 0.4) is 0 Å². The fraction of sp³-hybridized carbons (Fsp3) is 0.700. The molecule has 0 aliphatic carbocycles. The molecule has 1 aliphatic heterocycles. The van der Waals surface area contributed by atoms with Gasteiger partial charge in [0.2, 0.25) is 0 Å². The highest BCUT2D eigenvalue weighted by atomic mass is 15.1. The van der Waals surface area contributed by atoms with Crippen molar-refractivity contribution in [1.29, 1.82) is 5.41 Å². The Morgan fingerprint density at radius 2 is 2.00 bits per heavy atom. The highest BCUT2D eigenvalue weighted by Gasteiger charge is 2.17. The molecule has 12 heavy (non-hydrogen) atoms. The summed E-state index contributed by atoms with van der Waals surface area (Å²) in [6.45, 7) is 4.54. The van der Waals surface area contributed by atoms with Gasteiger partial charge in [-0.05, 0) is 51.9 Å². The minimum atomic E-state index is 0.725. The van der Waals surface area contributed by atoms with E-state index >= 15 is 0 Å². The van der Waals surface area contributed by atoms with Crippen LogP contribution in [0.5, 0.6) is 0 Å². The second kappa shape index (κ2) is 4.41. The molecule has 1 fully saturated rings. The van der Waals surface area contributed by atoms with Gasteiger partial charge in [0.25, 0.3) is 0 Å². The maximum absolute atomic E-state index is 6.98. The van der Waals surface area contributed by atoms with Gasteiger partial charge in [0.05, 0.1) is 0 Å². The van der Waals surface area contributed by atoms with Crippen molar-refractivity contribution < 1.29 is 0 Å². The van der Waals surface area contributed by atoms with Crippen LogP contribution in [0.1, 0.15) is 19.8 Å². The highest BCUT2D eigenvalue weighted by molar-refractivity contribution is 5.68. The summed E-state index contributed by atoms with van der Waals surface area (Å²) < 4.78 is 0. The topological polar surface area (TPSA) is 27.1 Å². The lowest BCUT2D eigenvalue weighted by atomic mass is 9.90. The molecule has 0 bridgehead atoms. The van der Waals surface area contributed by atoms with E-state index in [0.29, 0.717) is 0 Å². The van der Waals surface area contributed by atoms with Crippen LogP contribution in [0.2, 0.25) is 0 Å². The molecule has 0 radical (unpaired) electrons. The lowest BCUT2D eigenvalue weighted by Crippen LogP contribution is -2.30. The van der Waals surface area contributed by atoms with Crippen molar-refractivity contribution in [2.24, 2.45) is 5.92 Å². The van der Waals surface area contributed by atoms with Crippen LogP contribution < -0.4 is 0 Å². The molecule has 0 unspecified atom stereocenters. The van der Waals surface area contributed by atoms with E-state index in [4.69, 9.17) is 5.41 Å². The summed E-state index contributed by atoms with van der Waals surface area (Å²) in [6, 6.07) is 0. The summed E-state index contributed by atoms with van der Waals surface area (Å²) in [5.41, 5.74) is 1.37. The Kier molecular flexibility index (Phi) is 3.48. The monoisotopic (exact) mass is 166 g/mol. The largest absolute Gasteiger partial charge is 0.309 e. The van der Waals surface area contributed by atoms with Crippen molar-refractivity contribution in [2.45, 2.75) is 19.8 Å². The molecule has 1 heterocycles. The number of nitrogens with one attached hydrogen (secondary N) is 1. The van der Waals surface area contributed by atoms with E-state index in [1.54, 1.807) is 0 Å². The number of allylic oxidation sites excluding steroid dienone is 2. The minimum absolute atomic E-state index is 0.725. The van der Waals surface area contributed by atoms with E-state index < -0.39 is 0 Å². The molecule has 0 aromatic heterocycles. The quantitative estimate of drug-likeness (QED) is 0.623. The molecular weight excluding hydrogens is 148 g/mol. The Morgan fingerprint density at radius 3 is 2.50 bits per heavy atom. The lowest BCUT2D eigenvalue weighted by molar-refractivity contribution is 0.238. The molecule has 2 nitrogen and oxygen atoms in total. The summed E-state index contributed by atoms with van der Waals surface area (Å²) in [5.74, 6) is 0.725. The summed E-state index contributed by atoms with van der Waals surface area (Å²) in [5, 5.41) is 6.98. The third-order valence-corrected chi connectivity index (χ3v) is 2.71. The molecule has 0 saturated carbocycles. The zero-order valence-electron chi connectivity index (χ0n) is 8.01. The molecule has 0 amide bonds. The number of likely N-dealkylation sites (tertiary alicyclic amines) is 1. The van der Waals surface area contributed by atoms with Gasteiger partial charge in [-0.2, -0.15) is 0 Å². The molecule has 0 spiro atoms. The van der Waals surface area contributed by atoms with E-state index in [-0.39, 0.29) is 0 Å². The zero-order valence-corrected chi connectivity index (χ0v) is 8.01. The fourth-order valence-electron chi connectivity index (χ4n) is 1.73. The van der Waals surface area contributed by atoms with Crippen LogP contribution in [0.4, 0.5) is 0 Å². The van der Waals surface area contributed by atoms with Gasteiger partial charge >= 0.3 is 0 Å². The molecule has 68 valence electrons. The van der Waals surface area contributed by atoms with Crippen LogP contribution in [0, 0.1) is 11.3 Å². The average molecular weight is 166 g/mol. The molecule has 1 N–H and O–H groups in total. The first-order chi connectivity index (χ1) is 5.74. The van der Waals surface area contributed by atoms with Gasteiger partial charge in [0.15, 0.2) is 0 Å². The molecule has 1 rings (SSSR count). The van der Waals surface area contributed by atoms with Crippen LogP contribution >= 0.6 is 0 Å². The van der Waals surface area contributed by atoms with Gasteiger partial charge in [0, 0.05) is 6.21 Å². The Bertz CT molecular complexity index is 176. The van der Waals surface area contributed by atoms with E-state index in [0.717, 1.165) is 5.92 Å². The third kappa shape index (κ3) is 2.45. The Balaban J connectivity index is 2.44. The Labute approximate surface area is 74.8 Å². The zero-order chi connectivity index (χ0) is 8.97. The maximum Gasteiger partial charge on any atom is 0.0177 e. The average Bonchev–Trinajstić information content (AvgIpc) is 2.06. The molecule has 1 aliphatic rings. The maximum atomic E-state index is 6.98.